The molecule has 7 nitrogen and oxygen atoms in total. The number of aliphatic hydroxyl groups excluding tert-OH is 1. The molecule has 0 radical (unpaired) electrons. The molecule has 288 valence electrons. The van der Waals surface area contributed by atoms with Crippen molar-refractivity contribution in [1.82, 2.24) is 10.2 Å². The van der Waals surface area contributed by atoms with Crippen molar-refractivity contribution in [3.05, 3.63) is 23.3 Å². The van der Waals surface area contributed by atoms with Gasteiger partial charge in [0.15, 0.2) is 9.84 Å². The largest absolute Gasteiger partial charge is 0.463 e. The number of ether oxygens (including phenoxy) is 1. The zero-order valence-electron chi connectivity index (χ0n) is 32.9. The van der Waals surface area contributed by atoms with Gasteiger partial charge in [-0.3, -0.25) is 4.79 Å². The fraction of sp³-hybridized carbons (Fsp3) is 0.884. The van der Waals surface area contributed by atoms with Crippen LogP contribution in [0.3, 0.4) is 0 Å². The van der Waals surface area contributed by atoms with Crippen LogP contribution in [0.15, 0.2) is 23.3 Å². The Morgan fingerprint density at radius 2 is 1.71 bits per heavy atom. The Hall–Kier alpha value is -1.22. The Kier molecular flexibility index (Phi) is 10.3. The molecule has 10 atom stereocenters. The van der Waals surface area contributed by atoms with E-state index in [-0.39, 0.29) is 24.2 Å². The first kappa shape index (κ1) is 38.1. The zero-order valence-corrected chi connectivity index (χ0v) is 33.7. The van der Waals surface area contributed by atoms with E-state index in [9.17, 15) is 18.3 Å². The molecule has 0 bridgehead atoms. The first-order valence-electron chi connectivity index (χ1n) is 21.0. The smallest absolute Gasteiger partial charge is 0.312 e. The van der Waals surface area contributed by atoms with Crippen LogP contribution in [-0.2, 0) is 19.4 Å². The third-order valence-corrected chi connectivity index (χ3v) is 18.9. The van der Waals surface area contributed by atoms with E-state index in [1.165, 1.54) is 69.8 Å². The molecule has 1 aliphatic heterocycles. The fourth-order valence-corrected chi connectivity index (χ4v) is 15.5. The van der Waals surface area contributed by atoms with E-state index in [4.69, 9.17) is 4.74 Å². The number of hydrogen-bond acceptors (Lipinski definition) is 7. The monoisotopic (exact) mass is 727 g/mol. The van der Waals surface area contributed by atoms with Crippen LogP contribution in [-0.4, -0.2) is 80.3 Å². The summed E-state index contributed by atoms with van der Waals surface area (Å²) in [6.07, 6.45) is 20.8. The highest BCUT2D eigenvalue weighted by Crippen LogP contribution is 2.75. The minimum atomic E-state index is -2.84. The summed E-state index contributed by atoms with van der Waals surface area (Å²) in [5, 5.41) is 14.1. The molecular weight excluding hydrogens is 657 g/mol. The molecule has 0 aromatic heterocycles. The van der Waals surface area contributed by atoms with E-state index in [1.807, 2.05) is 13.8 Å². The van der Waals surface area contributed by atoms with E-state index in [0.717, 1.165) is 43.7 Å². The van der Waals surface area contributed by atoms with Crippen LogP contribution >= 0.6 is 0 Å². The zero-order chi connectivity index (χ0) is 36.5. The van der Waals surface area contributed by atoms with Gasteiger partial charge in [-0.15, -0.1) is 0 Å². The highest BCUT2D eigenvalue weighted by Gasteiger charge is 2.68. The minimum absolute atomic E-state index is 0.0165. The highest BCUT2D eigenvalue weighted by atomic mass is 32.2. The van der Waals surface area contributed by atoms with Crippen molar-refractivity contribution in [2.24, 2.45) is 51.2 Å². The summed E-state index contributed by atoms with van der Waals surface area (Å²) in [5.41, 5.74) is 3.69. The molecule has 0 spiro atoms. The lowest BCUT2D eigenvalue weighted by Gasteiger charge is -2.71. The SMILES string of the molecule is CC(C)OC(=O)C1(CCO)CC=C(C2=CC[C@@]3(C)C(CCC4(C)C3CCC3C5CCCC5(NCCN5CCS(=O)(=O)CC5)CC[C@]34C)C2C)CC1. The van der Waals surface area contributed by atoms with Crippen LogP contribution in [0.1, 0.15) is 131 Å². The molecule has 6 aliphatic carbocycles. The van der Waals surface area contributed by atoms with Crippen LogP contribution in [0.4, 0.5) is 0 Å². The molecule has 0 aromatic rings. The average molecular weight is 727 g/mol. The second-order valence-corrected chi connectivity index (χ2v) is 21.9. The molecule has 51 heavy (non-hydrogen) atoms. The first-order valence-corrected chi connectivity index (χ1v) is 22.8. The van der Waals surface area contributed by atoms with E-state index >= 15 is 0 Å². The Balaban J connectivity index is 1.05. The maximum atomic E-state index is 13.2. The molecule has 8 unspecified atom stereocenters. The number of carbonyl (C=O) groups is 1. The van der Waals surface area contributed by atoms with Gasteiger partial charge >= 0.3 is 5.97 Å². The number of aliphatic hydroxyl groups is 1. The van der Waals surface area contributed by atoms with Crippen LogP contribution in [0.2, 0.25) is 0 Å². The number of nitrogens with zero attached hydrogens (tertiary/aromatic N) is 1. The van der Waals surface area contributed by atoms with Gasteiger partial charge in [-0.05, 0) is 154 Å². The maximum Gasteiger partial charge on any atom is 0.312 e. The van der Waals surface area contributed by atoms with E-state index in [0.29, 0.717) is 65.5 Å². The van der Waals surface area contributed by atoms with Crippen molar-refractivity contribution < 1.29 is 23.1 Å². The van der Waals surface area contributed by atoms with Crippen LogP contribution in [0.25, 0.3) is 0 Å². The Morgan fingerprint density at radius 1 is 0.941 bits per heavy atom. The van der Waals surface area contributed by atoms with Crippen molar-refractivity contribution >= 4 is 15.8 Å². The van der Waals surface area contributed by atoms with E-state index in [1.54, 1.807) is 5.57 Å². The van der Waals surface area contributed by atoms with Gasteiger partial charge in [-0.2, -0.15) is 0 Å². The Labute approximate surface area is 310 Å². The van der Waals surface area contributed by atoms with Gasteiger partial charge in [0, 0.05) is 38.3 Å². The normalized spacial score (nSPS) is 45.1. The lowest BCUT2D eigenvalue weighted by Crippen LogP contribution is -2.67. The number of carbonyl (C=O) groups excluding carboxylic acids is 1. The summed E-state index contributed by atoms with van der Waals surface area (Å²) in [7, 11) is -2.84. The van der Waals surface area contributed by atoms with Gasteiger partial charge in [-0.25, -0.2) is 8.42 Å². The van der Waals surface area contributed by atoms with Crippen molar-refractivity contribution in [3.8, 4) is 0 Å². The van der Waals surface area contributed by atoms with Gasteiger partial charge < -0.3 is 20.1 Å². The van der Waals surface area contributed by atoms with Gasteiger partial charge in [0.1, 0.15) is 0 Å². The van der Waals surface area contributed by atoms with Crippen molar-refractivity contribution in [2.45, 2.75) is 143 Å². The van der Waals surface area contributed by atoms with Crippen LogP contribution in [0, 0.1) is 51.2 Å². The summed E-state index contributed by atoms with van der Waals surface area (Å²) in [6, 6.07) is 0. The standard InChI is InChI=1S/C43H70N2O5S/c1-30(2)50-38(47)42(22-27-46)18-11-32(12-19-42)33-13-16-39(4)34(31(33)3)14-17-41(6)37(39)10-9-35-36-8-7-15-43(36,21-20-40(35,41)5)44-23-24-45-25-28-51(48,49)29-26-45/h11,13,30-31,34-37,44,46H,7-10,12,14-29H2,1-6H3/t31?,34?,35?,36?,37?,39-,40+,41?,42?,43?/m0/s1. The number of nitrogens with one attached hydrogen (secondary N) is 1. The lowest BCUT2D eigenvalue weighted by atomic mass is 9.34. The second kappa shape index (κ2) is 13.8. The summed E-state index contributed by atoms with van der Waals surface area (Å²) >= 11 is 0. The van der Waals surface area contributed by atoms with Crippen LogP contribution in [0.5, 0.6) is 0 Å². The number of rotatable bonds is 9. The van der Waals surface area contributed by atoms with Gasteiger partial charge in [0.25, 0.3) is 0 Å². The third kappa shape index (κ3) is 6.34. The molecule has 7 aliphatic rings. The first-order chi connectivity index (χ1) is 24.1. The Morgan fingerprint density at radius 3 is 2.39 bits per heavy atom. The molecule has 4 saturated carbocycles. The summed E-state index contributed by atoms with van der Waals surface area (Å²) in [5.74, 6) is 3.99. The average Bonchev–Trinajstić information content (AvgIpc) is 3.50. The molecule has 5 fully saturated rings. The molecule has 8 heteroatoms. The molecule has 1 heterocycles. The molecule has 0 amide bonds. The summed E-state index contributed by atoms with van der Waals surface area (Å²) in [4.78, 5) is 15.5. The molecule has 1 saturated heterocycles. The number of fused-ring (bicyclic) bond motifs is 7. The van der Waals surface area contributed by atoms with Crippen molar-refractivity contribution in [2.75, 3.05) is 44.3 Å². The fourth-order valence-electron chi connectivity index (χ4n) is 14.2. The Bertz CT molecular complexity index is 1490. The molecule has 7 rings (SSSR count). The van der Waals surface area contributed by atoms with E-state index in [2.05, 4.69) is 50.1 Å². The van der Waals surface area contributed by atoms with Crippen molar-refractivity contribution in [1.29, 1.82) is 0 Å². The van der Waals surface area contributed by atoms with E-state index < -0.39 is 15.3 Å². The highest BCUT2D eigenvalue weighted by molar-refractivity contribution is 7.91. The summed E-state index contributed by atoms with van der Waals surface area (Å²) < 4.78 is 29.6. The summed E-state index contributed by atoms with van der Waals surface area (Å²) in [6.45, 7) is 17.8. The van der Waals surface area contributed by atoms with Gasteiger partial charge in [-0.1, -0.05) is 46.3 Å². The topological polar surface area (TPSA) is 95.9 Å². The lowest BCUT2D eigenvalue weighted by molar-refractivity contribution is -0.212. The number of hydrogen-bond donors (Lipinski definition) is 2. The number of allylic oxidation sites excluding steroid dienone is 4. The molecule has 2 N–H and O–H groups in total. The van der Waals surface area contributed by atoms with Crippen molar-refractivity contribution in [3.63, 3.8) is 0 Å². The number of sulfone groups is 1. The van der Waals surface area contributed by atoms with Gasteiger partial charge in [0.05, 0.1) is 23.0 Å². The predicted molar refractivity (Wildman–Crippen MR) is 205 cm³/mol. The maximum absolute atomic E-state index is 13.2. The van der Waals surface area contributed by atoms with Gasteiger partial charge in [0.2, 0.25) is 0 Å². The second-order valence-electron chi connectivity index (χ2n) is 19.6. The molecule has 0 aromatic carbocycles. The quantitative estimate of drug-likeness (QED) is 0.238. The molecular formula is C43H70N2O5S. The number of esters is 1. The third-order valence-electron chi connectivity index (χ3n) is 17.2. The van der Waals surface area contributed by atoms with Crippen LogP contribution < -0.4 is 5.32 Å². The predicted octanol–water partition coefficient (Wildman–Crippen LogP) is 7.49. The minimum Gasteiger partial charge on any atom is -0.463 e.